The number of rotatable bonds is 1. The van der Waals surface area contributed by atoms with Crippen molar-refractivity contribution >= 4 is 27.3 Å². The largest absolute Gasteiger partial charge is 0.473 e. The van der Waals surface area contributed by atoms with Crippen LogP contribution in [0.25, 0.3) is 21.5 Å². The molecule has 2 unspecified atom stereocenters. The number of carbonyl (C=O) groups excluding carboxylic acids is 1. The van der Waals surface area contributed by atoms with Gasteiger partial charge in [0.25, 0.3) is 0 Å². The molecule has 5 aliphatic carbocycles. The number of carbonyl (C=O) groups is 1. The molecule has 3 aromatic carbocycles. The summed E-state index contributed by atoms with van der Waals surface area (Å²) in [6.07, 6.45) is 30.0. The lowest BCUT2D eigenvalue weighted by molar-refractivity contribution is -0.111. The fraction of sp³-hybridized carbons (Fsp3) is 0.327. The molecule has 4 aromatic rings. The van der Waals surface area contributed by atoms with Crippen LogP contribution < -0.4 is 0 Å². The topological polar surface area (TPSA) is 30.2 Å². The van der Waals surface area contributed by atoms with E-state index in [4.69, 9.17) is 0 Å². The monoisotopic (exact) mass is 682 g/mol. The van der Waals surface area contributed by atoms with Gasteiger partial charge in [-0.1, -0.05) is 121 Å². The average molecular weight is 683 g/mol. The van der Waals surface area contributed by atoms with Crippen LogP contribution in [0.4, 0.5) is 0 Å². The standard InChI is InChI=1S/C14H10.C12H18.C9H12.C7H6O.C4H4O.3CH4/c1-2-6-12-10-14-8-4-3-7-13(14)9-11(12)5-1;1-3-7-11(8-4-1)12-9-5-2-6-10-12;1-6-7(2)9-4-3-8(6)5-9;1-6-4-2-3-5-7(6)8;1-2-4-5-3-1;;;/h1-10H;7,9H,1-6,8,10H2;8-9H,1-5H2;2-5H,1H2;1-4H;3*1H4. The summed E-state index contributed by atoms with van der Waals surface area (Å²) in [6, 6.07) is 25.1. The molecule has 2 fully saturated rings. The Kier molecular flexibility index (Phi) is 18.5. The molecule has 2 nitrogen and oxygen atoms in total. The maximum atomic E-state index is 10.6. The molecule has 0 N–H and O–H groups in total. The van der Waals surface area contributed by atoms with Gasteiger partial charge in [-0.2, -0.15) is 0 Å². The zero-order chi connectivity index (χ0) is 33.6. The Morgan fingerprint density at radius 3 is 1.27 bits per heavy atom. The Balaban J connectivity index is 0.000000225. The normalized spacial score (nSPS) is 19.5. The molecule has 2 bridgehead atoms. The number of ketones is 1. The van der Waals surface area contributed by atoms with Crippen molar-refractivity contribution in [2.45, 2.75) is 92.9 Å². The smallest absolute Gasteiger partial charge is 0.185 e. The van der Waals surface area contributed by atoms with Gasteiger partial charge < -0.3 is 4.42 Å². The lowest BCUT2D eigenvalue weighted by atomic mass is 9.87. The molecule has 0 spiro atoms. The van der Waals surface area contributed by atoms with Crippen LogP contribution in [-0.4, -0.2) is 5.78 Å². The first-order valence-corrected chi connectivity index (χ1v) is 17.7. The third kappa shape index (κ3) is 12.5. The molecular weight excluding hydrogens is 621 g/mol. The number of hydrogen-bond donors (Lipinski definition) is 0. The summed E-state index contributed by atoms with van der Waals surface area (Å²) < 4.78 is 4.58. The highest BCUT2D eigenvalue weighted by Crippen LogP contribution is 2.49. The first-order valence-electron chi connectivity index (χ1n) is 17.7. The Morgan fingerprint density at radius 1 is 0.569 bits per heavy atom. The van der Waals surface area contributed by atoms with E-state index in [2.05, 4.69) is 97.0 Å². The molecule has 0 amide bonds. The van der Waals surface area contributed by atoms with Crippen molar-refractivity contribution < 1.29 is 9.21 Å². The van der Waals surface area contributed by atoms with Gasteiger partial charge in [-0.15, -0.1) is 0 Å². The highest BCUT2D eigenvalue weighted by molar-refractivity contribution is 6.06. The average Bonchev–Trinajstić information content (AvgIpc) is 3.94. The molecule has 270 valence electrons. The van der Waals surface area contributed by atoms with E-state index < -0.39 is 0 Å². The molecule has 2 atom stereocenters. The van der Waals surface area contributed by atoms with Crippen molar-refractivity contribution in [3.63, 3.8) is 0 Å². The molecule has 0 aliphatic heterocycles. The summed E-state index contributed by atoms with van der Waals surface area (Å²) in [5, 5.41) is 5.25. The van der Waals surface area contributed by atoms with Gasteiger partial charge in [-0.05, 0) is 157 Å². The van der Waals surface area contributed by atoms with E-state index in [-0.39, 0.29) is 28.1 Å². The maximum absolute atomic E-state index is 10.6. The van der Waals surface area contributed by atoms with Gasteiger partial charge in [0.1, 0.15) is 0 Å². The Bertz CT molecular complexity index is 1640. The van der Waals surface area contributed by atoms with E-state index >= 15 is 0 Å². The van der Waals surface area contributed by atoms with E-state index in [1.165, 1.54) is 109 Å². The summed E-state index contributed by atoms with van der Waals surface area (Å²) in [4.78, 5) is 10.6. The minimum atomic E-state index is 0. The molecule has 51 heavy (non-hydrogen) atoms. The number of allylic oxidation sites excluding steroid dienone is 11. The van der Waals surface area contributed by atoms with Crippen LogP contribution in [-0.2, 0) is 4.79 Å². The van der Waals surface area contributed by atoms with E-state index in [1.807, 2.05) is 12.1 Å². The van der Waals surface area contributed by atoms with Crippen LogP contribution >= 0.6 is 0 Å². The van der Waals surface area contributed by atoms with E-state index in [0.717, 1.165) is 11.8 Å². The lowest BCUT2D eigenvalue weighted by Crippen LogP contribution is -1.99. The lowest BCUT2D eigenvalue weighted by Gasteiger charge is -2.19. The van der Waals surface area contributed by atoms with Crippen LogP contribution in [0, 0.1) is 11.8 Å². The van der Waals surface area contributed by atoms with Crippen LogP contribution in [0.15, 0.2) is 174 Å². The van der Waals surface area contributed by atoms with Crippen LogP contribution in [0.1, 0.15) is 92.9 Å². The van der Waals surface area contributed by atoms with Crippen molar-refractivity contribution in [3.8, 4) is 0 Å². The zero-order valence-electron chi connectivity index (χ0n) is 28.4. The molecule has 2 saturated carbocycles. The van der Waals surface area contributed by atoms with Gasteiger partial charge >= 0.3 is 0 Å². The van der Waals surface area contributed by atoms with Crippen molar-refractivity contribution in [2.24, 2.45) is 11.8 Å². The quantitative estimate of drug-likeness (QED) is 0.148. The third-order valence-corrected chi connectivity index (χ3v) is 9.84. The number of benzene rings is 3. The number of hydrogen-bond acceptors (Lipinski definition) is 2. The van der Waals surface area contributed by atoms with Crippen molar-refractivity contribution in [1.82, 2.24) is 0 Å². The van der Waals surface area contributed by atoms with Gasteiger partial charge in [-0.25, -0.2) is 0 Å². The molecule has 5 aliphatic rings. The fourth-order valence-corrected chi connectivity index (χ4v) is 7.01. The molecule has 9 rings (SSSR count). The van der Waals surface area contributed by atoms with Crippen LogP contribution in [0.5, 0.6) is 0 Å². The zero-order valence-corrected chi connectivity index (χ0v) is 28.4. The van der Waals surface area contributed by atoms with Crippen molar-refractivity contribution in [3.05, 3.63) is 169 Å². The second-order valence-electron chi connectivity index (χ2n) is 13.2. The maximum Gasteiger partial charge on any atom is 0.185 e. The van der Waals surface area contributed by atoms with Crippen LogP contribution in [0.2, 0.25) is 0 Å². The third-order valence-electron chi connectivity index (χ3n) is 9.84. The molecular formula is C49H62O2. The van der Waals surface area contributed by atoms with Crippen molar-refractivity contribution in [2.75, 3.05) is 0 Å². The Morgan fingerprint density at radius 2 is 1.00 bits per heavy atom. The predicted molar refractivity (Wildman–Crippen MR) is 225 cm³/mol. The Hall–Kier alpha value is -4.69. The van der Waals surface area contributed by atoms with Gasteiger partial charge in [0.15, 0.2) is 5.78 Å². The van der Waals surface area contributed by atoms with E-state index in [0.29, 0.717) is 5.57 Å². The van der Waals surface area contributed by atoms with Gasteiger partial charge in [0.2, 0.25) is 0 Å². The van der Waals surface area contributed by atoms with Crippen LogP contribution in [0.3, 0.4) is 0 Å². The summed E-state index contributed by atoms with van der Waals surface area (Å²) in [7, 11) is 0. The summed E-state index contributed by atoms with van der Waals surface area (Å²) in [5.41, 5.74) is 6.63. The number of fused-ring (bicyclic) bond motifs is 4. The summed E-state index contributed by atoms with van der Waals surface area (Å²) >= 11 is 0. The molecule has 2 heteroatoms. The minimum absolute atomic E-state index is 0. The minimum Gasteiger partial charge on any atom is -0.473 e. The molecule has 0 radical (unpaired) electrons. The van der Waals surface area contributed by atoms with E-state index in [1.54, 1.807) is 41.9 Å². The summed E-state index contributed by atoms with van der Waals surface area (Å²) in [6.45, 7) is 11.5. The molecule has 1 heterocycles. The van der Waals surface area contributed by atoms with Gasteiger partial charge in [-0.3, -0.25) is 4.79 Å². The second kappa shape index (κ2) is 22.2. The first kappa shape index (κ1) is 42.5. The number of furan rings is 1. The first-order chi connectivity index (χ1) is 23.5. The van der Waals surface area contributed by atoms with Crippen molar-refractivity contribution in [1.29, 1.82) is 0 Å². The summed E-state index contributed by atoms with van der Waals surface area (Å²) in [5.74, 6) is 1.65. The Labute approximate surface area is 309 Å². The van der Waals surface area contributed by atoms with Gasteiger partial charge in [0.05, 0.1) is 12.5 Å². The second-order valence-corrected chi connectivity index (χ2v) is 13.2. The SMILES string of the molecule is C.C.C.C1=C(C2=CCCCC2)CCCC1.C=C1C(=C)C2CCC1C2.C=C1C=CC=CC1=O.c1ccc2cc3ccccc3cc2c1.c1ccoc1. The predicted octanol–water partition coefficient (Wildman–Crippen LogP) is 14.9. The molecule has 1 aromatic heterocycles. The van der Waals surface area contributed by atoms with E-state index in [9.17, 15) is 4.79 Å². The highest BCUT2D eigenvalue weighted by atomic mass is 16.3. The molecule has 0 saturated heterocycles. The van der Waals surface area contributed by atoms with Gasteiger partial charge in [0, 0.05) is 5.57 Å². The highest BCUT2D eigenvalue weighted by Gasteiger charge is 2.36. The fourth-order valence-electron chi connectivity index (χ4n) is 7.01.